The summed E-state index contributed by atoms with van der Waals surface area (Å²) >= 11 is 0. The van der Waals surface area contributed by atoms with Crippen LogP contribution in [0.3, 0.4) is 0 Å². The number of hydrogen-bond donors (Lipinski definition) is 1. The molecule has 1 saturated carbocycles. The van der Waals surface area contributed by atoms with Crippen molar-refractivity contribution in [3.8, 4) is 6.01 Å². The van der Waals surface area contributed by atoms with E-state index in [2.05, 4.69) is 15.2 Å². The Morgan fingerprint density at radius 1 is 1.38 bits per heavy atom. The molecule has 0 aliphatic heterocycles. The Labute approximate surface area is 76.3 Å². The van der Waals surface area contributed by atoms with Gasteiger partial charge >= 0.3 is 6.01 Å². The number of aromatic nitrogens is 3. The van der Waals surface area contributed by atoms with Crippen LogP contribution in [0.5, 0.6) is 6.01 Å². The molecule has 0 bridgehead atoms. The molecule has 0 unspecified atom stereocenters. The number of ether oxygens (including phenoxy) is 1. The Morgan fingerprint density at radius 2 is 2.08 bits per heavy atom. The summed E-state index contributed by atoms with van der Waals surface area (Å²) in [6.45, 7) is 1.87. The smallest absolute Gasteiger partial charge is 0.335 e. The second-order valence-corrected chi connectivity index (χ2v) is 3.39. The summed E-state index contributed by atoms with van der Waals surface area (Å²) in [5.74, 6) is 0. The normalized spacial score (nSPS) is 18.4. The molecule has 0 atom stereocenters. The third kappa shape index (κ3) is 1.35. The number of methoxy groups -OCH3 is 1. The van der Waals surface area contributed by atoms with E-state index >= 15 is 0 Å². The average Bonchev–Trinajstić information content (AvgIpc) is 2.84. The summed E-state index contributed by atoms with van der Waals surface area (Å²) in [6.07, 6.45) is 1.94. The van der Waals surface area contributed by atoms with Crippen molar-refractivity contribution in [2.24, 2.45) is 5.73 Å². The molecule has 2 N–H and O–H groups in total. The van der Waals surface area contributed by atoms with Crippen molar-refractivity contribution in [1.29, 1.82) is 0 Å². The third-order valence-electron chi connectivity index (χ3n) is 2.28. The molecule has 1 aromatic rings. The van der Waals surface area contributed by atoms with Gasteiger partial charge in [0.2, 0.25) is 0 Å². The minimum Gasteiger partial charge on any atom is -0.466 e. The van der Waals surface area contributed by atoms with Crippen molar-refractivity contribution in [2.75, 3.05) is 7.11 Å². The maximum Gasteiger partial charge on any atom is 0.335 e. The first-order chi connectivity index (χ1) is 6.15. The van der Waals surface area contributed by atoms with E-state index in [1.807, 2.05) is 6.92 Å². The number of nitrogens with two attached hydrogens (primary N) is 1. The van der Waals surface area contributed by atoms with Crippen molar-refractivity contribution in [1.82, 2.24) is 15.2 Å². The molecular weight excluding hydrogens is 168 g/mol. The highest BCUT2D eigenvalue weighted by molar-refractivity contribution is 5.25. The first kappa shape index (κ1) is 8.37. The van der Waals surface area contributed by atoms with Gasteiger partial charge in [-0.05, 0) is 19.8 Å². The molecule has 0 amide bonds. The summed E-state index contributed by atoms with van der Waals surface area (Å²) in [7, 11) is 1.52. The lowest BCUT2D eigenvalue weighted by molar-refractivity contribution is 0.369. The van der Waals surface area contributed by atoms with Gasteiger partial charge in [0, 0.05) is 0 Å². The molecule has 0 radical (unpaired) electrons. The molecule has 0 aromatic carbocycles. The van der Waals surface area contributed by atoms with E-state index in [-0.39, 0.29) is 5.54 Å². The van der Waals surface area contributed by atoms with Gasteiger partial charge in [0.05, 0.1) is 18.3 Å². The molecule has 1 heterocycles. The highest BCUT2D eigenvalue weighted by Gasteiger charge is 2.43. The minimum absolute atomic E-state index is 0.268. The van der Waals surface area contributed by atoms with Crippen molar-refractivity contribution < 1.29 is 4.74 Å². The highest BCUT2D eigenvalue weighted by Crippen LogP contribution is 2.42. The molecule has 5 heteroatoms. The van der Waals surface area contributed by atoms with E-state index < -0.39 is 0 Å². The van der Waals surface area contributed by atoms with Gasteiger partial charge in [0.15, 0.2) is 0 Å². The SMILES string of the molecule is COc1nnc(C2(N)CC2)c(C)n1. The quantitative estimate of drug-likeness (QED) is 0.700. The van der Waals surface area contributed by atoms with Crippen molar-refractivity contribution in [3.63, 3.8) is 0 Å². The summed E-state index contributed by atoms with van der Waals surface area (Å²) in [5, 5.41) is 7.82. The Morgan fingerprint density at radius 3 is 2.54 bits per heavy atom. The molecule has 13 heavy (non-hydrogen) atoms. The van der Waals surface area contributed by atoms with E-state index in [0.29, 0.717) is 6.01 Å². The zero-order valence-corrected chi connectivity index (χ0v) is 7.74. The maximum atomic E-state index is 5.98. The zero-order valence-electron chi connectivity index (χ0n) is 7.74. The zero-order chi connectivity index (χ0) is 9.47. The van der Waals surface area contributed by atoms with Gasteiger partial charge in [-0.3, -0.25) is 0 Å². The van der Waals surface area contributed by atoms with Gasteiger partial charge in [-0.2, -0.15) is 4.98 Å². The summed E-state index contributed by atoms with van der Waals surface area (Å²) in [6, 6.07) is 0.297. The van der Waals surface area contributed by atoms with Gasteiger partial charge in [0.25, 0.3) is 0 Å². The number of hydrogen-bond acceptors (Lipinski definition) is 5. The predicted molar refractivity (Wildman–Crippen MR) is 46.2 cm³/mol. The van der Waals surface area contributed by atoms with Gasteiger partial charge in [-0.1, -0.05) is 5.10 Å². The Bertz CT molecular complexity index is 335. The number of nitrogens with zero attached hydrogens (tertiary/aromatic N) is 3. The lowest BCUT2D eigenvalue weighted by Gasteiger charge is -2.09. The van der Waals surface area contributed by atoms with Crippen LogP contribution in [0.15, 0.2) is 0 Å². The van der Waals surface area contributed by atoms with Crippen LogP contribution >= 0.6 is 0 Å². The fraction of sp³-hybridized carbons (Fsp3) is 0.625. The number of aryl methyl sites for hydroxylation is 1. The molecule has 2 rings (SSSR count). The Balaban J connectivity index is 2.38. The first-order valence-corrected chi connectivity index (χ1v) is 4.20. The van der Waals surface area contributed by atoms with E-state index in [1.165, 1.54) is 7.11 Å². The molecule has 0 saturated heterocycles. The lowest BCUT2D eigenvalue weighted by Crippen LogP contribution is -2.23. The molecule has 70 valence electrons. The van der Waals surface area contributed by atoms with E-state index in [0.717, 1.165) is 24.2 Å². The van der Waals surface area contributed by atoms with Crippen LogP contribution in [-0.4, -0.2) is 22.3 Å². The van der Waals surface area contributed by atoms with Gasteiger partial charge in [-0.25, -0.2) is 0 Å². The van der Waals surface area contributed by atoms with Crippen molar-refractivity contribution in [3.05, 3.63) is 11.4 Å². The lowest BCUT2D eigenvalue weighted by atomic mass is 10.1. The van der Waals surface area contributed by atoms with Crippen LogP contribution in [0.1, 0.15) is 24.2 Å². The second kappa shape index (κ2) is 2.63. The largest absolute Gasteiger partial charge is 0.466 e. The van der Waals surface area contributed by atoms with Crippen LogP contribution in [0.2, 0.25) is 0 Å². The highest BCUT2D eigenvalue weighted by atomic mass is 16.5. The monoisotopic (exact) mass is 180 g/mol. The predicted octanol–water partition coefficient (Wildman–Crippen LogP) is 0.136. The first-order valence-electron chi connectivity index (χ1n) is 4.20. The minimum atomic E-state index is -0.268. The third-order valence-corrected chi connectivity index (χ3v) is 2.28. The van der Waals surface area contributed by atoms with Crippen molar-refractivity contribution >= 4 is 0 Å². The summed E-state index contributed by atoms with van der Waals surface area (Å²) in [5.41, 5.74) is 7.32. The van der Waals surface area contributed by atoms with E-state index in [4.69, 9.17) is 10.5 Å². The fourth-order valence-electron chi connectivity index (χ4n) is 1.30. The van der Waals surface area contributed by atoms with Gasteiger partial charge in [0.1, 0.15) is 5.69 Å². The Kier molecular flexibility index (Phi) is 1.69. The molecule has 1 fully saturated rings. The molecule has 1 aliphatic carbocycles. The van der Waals surface area contributed by atoms with Gasteiger partial charge < -0.3 is 10.5 Å². The number of rotatable bonds is 2. The standard InChI is InChI=1S/C8H12N4O/c1-5-6(8(9)3-4-8)11-12-7(10-5)13-2/h3-4,9H2,1-2H3. The van der Waals surface area contributed by atoms with Crippen LogP contribution in [0.4, 0.5) is 0 Å². The van der Waals surface area contributed by atoms with Crippen LogP contribution in [-0.2, 0) is 5.54 Å². The molecule has 1 aliphatic rings. The van der Waals surface area contributed by atoms with E-state index in [9.17, 15) is 0 Å². The van der Waals surface area contributed by atoms with Crippen LogP contribution in [0, 0.1) is 6.92 Å². The molecule has 5 nitrogen and oxygen atoms in total. The molecule has 0 spiro atoms. The average molecular weight is 180 g/mol. The molecule has 1 aromatic heterocycles. The molecular formula is C8H12N4O. The van der Waals surface area contributed by atoms with Crippen LogP contribution in [0.25, 0.3) is 0 Å². The van der Waals surface area contributed by atoms with Gasteiger partial charge in [-0.15, -0.1) is 5.10 Å². The maximum absolute atomic E-state index is 5.98. The fourth-order valence-corrected chi connectivity index (χ4v) is 1.30. The summed E-state index contributed by atoms with van der Waals surface area (Å²) in [4.78, 5) is 4.12. The van der Waals surface area contributed by atoms with Crippen molar-refractivity contribution in [2.45, 2.75) is 25.3 Å². The second-order valence-electron chi connectivity index (χ2n) is 3.39. The summed E-state index contributed by atoms with van der Waals surface area (Å²) < 4.78 is 4.86. The van der Waals surface area contributed by atoms with E-state index in [1.54, 1.807) is 0 Å². The van der Waals surface area contributed by atoms with Crippen LogP contribution < -0.4 is 10.5 Å². The Hall–Kier alpha value is -1.23. The topological polar surface area (TPSA) is 73.9 Å².